The zero-order valence-corrected chi connectivity index (χ0v) is 13.0. The third kappa shape index (κ3) is 3.66. The average Bonchev–Trinajstić information content (AvgIpc) is 2.66. The van der Waals surface area contributed by atoms with Gasteiger partial charge in [-0.1, -0.05) is 0 Å². The minimum Gasteiger partial charge on any atom is -0.462 e. The zero-order valence-electron chi connectivity index (χ0n) is 12.2. The van der Waals surface area contributed by atoms with Crippen molar-refractivity contribution in [2.75, 3.05) is 29.2 Å². The second-order valence-corrected chi connectivity index (χ2v) is 7.73. The van der Waals surface area contributed by atoms with Crippen LogP contribution in [0.5, 0.6) is 0 Å². The molecule has 21 heavy (non-hydrogen) atoms. The summed E-state index contributed by atoms with van der Waals surface area (Å²) in [6.45, 7) is 3.85. The number of nitrogen functional groups attached to an aromatic ring is 1. The van der Waals surface area contributed by atoms with Gasteiger partial charge in [-0.2, -0.15) is 0 Å². The van der Waals surface area contributed by atoms with E-state index in [9.17, 15) is 13.2 Å². The molecule has 1 heterocycles. The maximum absolute atomic E-state index is 11.8. The Morgan fingerprint density at radius 3 is 2.76 bits per heavy atom. The van der Waals surface area contributed by atoms with Crippen molar-refractivity contribution in [2.24, 2.45) is 0 Å². The molecule has 3 N–H and O–H groups in total. The van der Waals surface area contributed by atoms with Gasteiger partial charge in [0.25, 0.3) is 0 Å². The van der Waals surface area contributed by atoms with Gasteiger partial charge in [-0.3, -0.25) is 0 Å². The van der Waals surface area contributed by atoms with Gasteiger partial charge < -0.3 is 15.8 Å². The lowest BCUT2D eigenvalue weighted by Crippen LogP contribution is -2.35. The molecule has 1 fully saturated rings. The molecule has 2 rings (SSSR count). The number of hydrogen-bond acceptors (Lipinski definition) is 6. The molecule has 7 heteroatoms. The van der Waals surface area contributed by atoms with Crippen molar-refractivity contribution in [3.8, 4) is 0 Å². The van der Waals surface area contributed by atoms with Crippen molar-refractivity contribution >= 4 is 27.2 Å². The summed E-state index contributed by atoms with van der Waals surface area (Å²) < 4.78 is 28.2. The molecule has 0 aliphatic carbocycles. The van der Waals surface area contributed by atoms with Crippen molar-refractivity contribution in [1.29, 1.82) is 0 Å². The quantitative estimate of drug-likeness (QED) is 0.645. The second-order valence-electron chi connectivity index (χ2n) is 5.55. The Morgan fingerprint density at radius 2 is 2.19 bits per heavy atom. The van der Waals surface area contributed by atoms with Gasteiger partial charge in [0.2, 0.25) is 0 Å². The van der Waals surface area contributed by atoms with Crippen LogP contribution in [0, 0.1) is 0 Å². The highest BCUT2D eigenvalue weighted by molar-refractivity contribution is 7.91. The van der Waals surface area contributed by atoms with E-state index >= 15 is 0 Å². The van der Waals surface area contributed by atoms with Gasteiger partial charge in [0.15, 0.2) is 9.84 Å². The topological polar surface area (TPSA) is 98.5 Å². The maximum atomic E-state index is 11.8. The van der Waals surface area contributed by atoms with Crippen LogP contribution >= 0.6 is 0 Å². The highest BCUT2D eigenvalue weighted by Crippen LogP contribution is 2.29. The average molecular weight is 312 g/mol. The Hall–Kier alpha value is -1.76. The van der Waals surface area contributed by atoms with Crippen LogP contribution in [0.1, 0.15) is 30.6 Å². The summed E-state index contributed by atoms with van der Waals surface area (Å²) in [5.41, 5.74) is 6.53. The van der Waals surface area contributed by atoms with Gasteiger partial charge in [-0.05, 0) is 38.5 Å². The molecule has 1 aliphatic rings. The lowest BCUT2D eigenvalue weighted by Gasteiger charge is -2.25. The minimum atomic E-state index is -3.00. The minimum absolute atomic E-state index is 0.0825. The SMILES string of the molecule is CCOC(=O)c1cc(NC2(C)CCS(=O)(=O)C2)ccc1N. The molecule has 0 spiro atoms. The molecular formula is C14H20N2O4S. The molecule has 1 aromatic carbocycles. The summed E-state index contributed by atoms with van der Waals surface area (Å²) in [5, 5.41) is 3.19. The van der Waals surface area contributed by atoms with Gasteiger partial charge in [0.05, 0.1) is 23.7 Å². The molecule has 1 atom stereocenters. The van der Waals surface area contributed by atoms with Crippen LogP contribution in [-0.4, -0.2) is 38.0 Å². The van der Waals surface area contributed by atoms with Crippen molar-refractivity contribution in [3.05, 3.63) is 23.8 Å². The molecule has 0 radical (unpaired) electrons. The molecule has 0 amide bonds. The predicted octanol–water partition coefficient (Wildman–Crippen LogP) is 1.43. The number of carbonyl (C=O) groups excluding carboxylic acids is 1. The maximum Gasteiger partial charge on any atom is 0.340 e. The van der Waals surface area contributed by atoms with E-state index in [-0.39, 0.29) is 23.7 Å². The zero-order chi connectivity index (χ0) is 15.7. The normalized spacial score (nSPS) is 23.7. The van der Waals surface area contributed by atoms with Crippen LogP contribution in [0.2, 0.25) is 0 Å². The Kier molecular flexibility index (Phi) is 4.13. The second kappa shape index (κ2) is 5.55. The fourth-order valence-corrected chi connectivity index (χ4v) is 4.57. The van der Waals surface area contributed by atoms with Crippen LogP contribution in [0.3, 0.4) is 0 Å². The highest BCUT2D eigenvalue weighted by Gasteiger charge is 2.38. The monoisotopic (exact) mass is 312 g/mol. The van der Waals surface area contributed by atoms with Crippen molar-refractivity contribution in [3.63, 3.8) is 0 Å². The molecule has 0 saturated carbocycles. The number of nitrogens with one attached hydrogen (secondary N) is 1. The summed E-state index contributed by atoms with van der Waals surface area (Å²) in [6.07, 6.45) is 0.536. The number of ether oxygens (including phenoxy) is 1. The molecule has 0 aromatic heterocycles. The summed E-state index contributed by atoms with van der Waals surface area (Å²) in [5.74, 6) is -0.224. The van der Waals surface area contributed by atoms with E-state index in [1.165, 1.54) is 0 Å². The third-order valence-corrected chi connectivity index (χ3v) is 5.40. The Balaban J connectivity index is 2.22. The summed E-state index contributed by atoms with van der Waals surface area (Å²) in [6, 6.07) is 4.94. The summed E-state index contributed by atoms with van der Waals surface area (Å²) in [4.78, 5) is 11.8. The Labute approximate surface area is 124 Å². The van der Waals surface area contributed by atoms with Crippen molar-refractivity contribution in [2.45, 2.75) is 25.8 Å². The van der Waals surface area contributed by atoms with Gasteiger partial charge in [0.1, 0.15) is 0 Å². The third-order valence-electron chi connectivity index (χ3n) is 3.50. The van der Waals surface area contributed by atoms with E-state index in [2.05, 4.69) is 5.32 Å². The highest BCUT2D eigenvalue weighted by atomic mass is 32.2. The molecule has 1 aromatic rings. The van der Waals surface area contributed by atoms with Crippen LogP contribution in [0.4, 0.5) is 11.4 Å². The lowest BCUT2D eigenvalue weighted by molar-refractivity contribution is 0.0527. The Morgan fingerprint density at radius 1 is 1.48 bits per heavy atom. The first-order valence-electron chi connectivity index (χ1n) is 6.80. The number of nitrogens with two attached hydrogens (primary N) is 1. The molecule has 1 saturated heterocycles. The summed E-state index contributed by atoms with van der Waals surface area (Å²) in [7, 11) is -3.00. The van der Waals surface area contributed by atoms with Gasteiger partial charge in [-0.25, -0.2) is 13.2 Å². The van der Waals surface area contributed by atoms with Crippen LogP contribution in [0.25, 0.3) is 0 Å². The van der Waals surface area contributed by atoms with E-state index in [1.54, 1.807) is 25.1 Å². The van der Waals surface area contributed by atoms with Gasteiger partial charge >= 0.3 is 5.97 Å². The standard InChI is InChI=1S/C14H20N2O4S/c1-3-20-13(17)11-8-10(4-5-12(11)15)16-14(2)6-7-21(18,19)9-14/h4-5,8,16H,3,6-7,9,15H2,1-2H3. The first-order valence-corrected chi connectivity index (χ1v) is 8.62. The fraction of sp³-hybridized carbons (Fsp3) is 0.500. The van der Waals surface area contributed by atoms with E-state index in [0.29, 0.717) is 17.8 Å². The smallest absolute Gasteiger partial charge is 0.340 e. The largest absolute Gasteiger partial charge is 0.462 e. The number of hydrogen-bond donors (Lipinski definition) is 2. The van der Waals surface area contributed by atoms with Crippen LogP contribution < -0.4 is 11.1 Å². The molecule has 1 aliphatic heterocycles. The fourth-order valence-electron chi connectivity index (χ4n) is 2.48. The van der Waals surface area contributed by atoms with E-state index in [4.69, 9.17) is 10.5 Å². The number of carbonyl (C=O) groups is 1. The molecule has 1 unspecified atom stereocenters. The van der Waals surface area contributed by atoms with Crippen LogP contribution in [0.15, 0.2) is 18.2 Å². The first kappa shape index (κ1) is 15.6. The van der Waals surface area contributed by atoms with Crippen molar-refractivity contribution in [1.82, 2.24) is 0 Å². The lowest BCUT2D eigenvalue weighted by atomic mass is 10.0. The van der Waals surface area contributed by atoms with E-state index < -0.39 is 21.3 Å². The van der Waals surface area contributed by atoms with E-state index in [1.807, 2.05) is 6.92 Å². The molecule has 116 valence electrons. The summed E-state index contributed by atoms with van der Waals surface area (Å²) >= 11 is 0. The van der Waals surface area contributed by atoms with Gasteiger partial charge in [0, 0.05) is 16.9 Å². The first-order chi connectivity index (χ1) is 9.75. The number of anilines is 2. The molecule has 6 nitrogen and oxygen atoms in total. The van der Waals surface area contributed by atoms with Crippen LogP contribution in [-0.2, 0) is 14.6 Å². The predicted molar refractivity (Wildman–Crippen MR) is 82.1 cm³/mol. The number of rotatable bonds is 4. The molecule has 0 bridgehead atoms. The Bertz CT molecular complexity index is 657. The van der Waals surface area contributed by atoms with Crippen molar-refractivity contribution < 1.29 is 17.9 Å². The van der Waals surface area contributed by atoms with E-state index in [0.717, 1.165) is 0 Å². The molecular weight excluding hydrogens is 292 g/mol. The number of sulfone groups is 1. The van der Waals surface area contributed by atoms with Gasteiger partial charge in [-0.15, -0.1) is 0 Å². The number of esters is 1. The number of benzene rings is 1.